The molecule has 0 atom stereocenters. The lowest BCUT2D eigenvalue weighted by atomic mass is 10.0. The minimum Gasteiger partial charge on any atom is -0.367 e. The standard InChI is InChI=1S/C25H27N7/c1-2-4-20(5-3-1)17-31-13-10-22(11-14-31)30-25-16-24(27-18-28-25)29-21-6-8-23(9-7-21)32-15-12-26-19-32/h1-9,12,15-16,18-19,22H,10-11,13-14,17H2,(H2,27,28,29,30). The number of hydrogen-bond donors (Lipinski definition) is 2. The maximum atomic E-state index is 4.42. The van der Waals surface area contributed by atoms with E-state index >= 15 is 0 Å². The molecule has 1 fully saturated rings. The first-order chi connectivity index (χ1) is 15.8. The molecule has 0 unspecified atom stereocenters. The van der Waals surface area contributed by atoms with Crippen molar-refractivity contribution in [3.05, 3.63) is 91.3 Å². The van der Waals surface area contributed by atoms with E-state index < -0.39 is 0 Å². The Morgan fingerprint density at radius 2 is 1.69 bits per heavy atom. The Kier molecular flexibility index (Phi) is 6.07. The molecule has 0 amide bonds. The fourth-order valence-corrected chi connectivity index (χ4v) is 4.07. The van der Waals surface area contributed by atoms with Crippen molar-refractivity contribution in [1.82, 2.24) is 24.4 Å². The number of anilines is 3. The second kappa shape index (κ2) is 9.62. The second-order valence-corrected chi connectivity index (χ2v) is 8.11. The third-order valence-electron chi connectivity index (χ3n) is 5.80. The fourth-order valence-electron chi connectivity index (χ4n) is 4.07. The lowest BCUT2D eigenvalue weighted by molar-refractivity contribution is 0.211. The first-order valence-electron chi connectivity index (χ1n) is 11.0. The van der Waals surface area contributed by atoms with Crippen LogP contribution < -0.4 is 10.6 Å². The average Bonchev–Trinajstić information content (AvgIpc) is 3.37. The Hall–Kier alpha value is -3.71. The summed E-state index contributed by atoms with van der Waals surface area (Å²) < 4.78 is 1.97. The van der Waals surface area contributed by atoms with Crippen LogP contribution in [-0.2, 0) is 6.54 Å². The summed E-state index contributed by atoms with van der Waals surface area (Å²) in [5.74, 6) is 1.64. The van der Waals surface area contributed by atoms with E-state index in [-0.39, 0.29) is 0 Å². The molecule has 2 aromatic heterocycles. The third-order valence-corrected chi connectivity index (χ3v) is 5.80. The molecule has 0 spiro atoms. The molecule has 32 heavy (non-hydrogen) atoms. The maximum Gasteiger partial charge on any atom is 0.135 e. The van der Waals surface area contributed by atoms with Crippen molar-refractivity contribution in [2.75, 3.05) is 23.7 Å². The van der Waals surface area contributed by atoms with Gasteiger partial charge in [0.1, 0.15) is 18.0 Å². The average molecular weight is 426 g/mol. The normalized spacial score (nSPS) is 14.9. The van der Waals surface area contributed by atoms with Crippen molar-refractivity contribution >= 4 is 17.3 Å². The molecule has 2 N–H and O–H groups in total. The number of aromatic nitrogens is 4. The minimum atomic E-state index is 0.430. The van der Waals surface area contributed by atoms with Crippen LogP contribution in [0.5, 0.6) is 0 Å². The van der Waals surface area contributed by atoms with E-state index in [0.717, 1.165) is 55.5 Å². The molecule has 7 heteroatoms. The SMILES string of the molecule is c1ccc(CN2CCC(Nc3cc(Nc4ccc(-n5ccnc5)cc4)ncn3)CC2)cc1. The van der Waals surface area contributed by atoms with Gasteiger partial charge in [0.15, 0.2) is 0 Å². The van der Waals surface area contributed by atoms with Gasteiger partial charge >= 0.3 is 0 Å². The first-order valence-corrected chi connectivity index (χ1v) is 11.0. The van der Waals surface area contributed by atoms with Crippen LogP contribution in [0.2, 0.25) is 0 Å². The van der Waals surface area contributed by atoms with E-state index in [9.17, 15) is 0 Å². The molecule has 4 aromatic rings. The van der Waals surface area contributed by atoms with Crippen LogP contribution in [0, 0.1) is 0 Å². The van der Waals surface area contributed by atoms with Gasteiger partial charge in [0.05, 0.1) is 6.33 Å². The van der Waals surface area contributed by atoms with Crippen molar-refractivity contribution in [2.24, 2.45) is 0 Å². The summed E-state index contributed by atoms with van der Waals surface area (Å²) in [6.45, 7) is 3.20. The molecule has 0 bridgehead atoms. The van der Waals surface area contributed by atoms with Gasteiger partial charge in [-0.15, -0.1) is 0 Å². The minimum absolute atomic E-state index is 0.430. The van der Waals surface area contributed by atoms with Crippen molar-refractivity contribution in [3.8, 4) is 5.69 Å². The Labute approximate surface area is 188 Å². The molecule has 1 saturated heterocycles. The summed E-state index contributed by atoms with van der Waals surface area (Å²) in [6, 6.07) is 21.3. The summed E-state index contributed by atoms with van der Waals surface area (Å²) in [6.07, 6.45) is 9.31. The van der Waals surface area contributed by atoms with Gasteiger partial charge < -0.3 is 15.2 Å². The molecule has 2 aromatic carbocycles. The van der Waals surface area contributed by atoms with E-state index in [2.05, 4.69) is 60.8 Å². The summed E-state index contributed by atoms with van der Waals surface area (Å²) in [4.78, 5) is 15.4. The predicted molar refractivity (Wildman–Crippen MR) is 127 cm³/mol. The van der Waals surface area contributed by atoms with Crippen molar-refractivity contribution < 1.29 is 0 Å². The van der Waals surface area contributed by atoms with Gasteiger partial charge in [-0.05, 0) is 42.7 Å². The van der Waals surface area contributed by atoms with Crippen LogP contribution in [0.15, 0.2) is 85.7 Å². The molecule has 7 nitrogen and oxygen atoms in total. The molecule has 162 valence electrons. The fraction of sp³-hybridized carbons (Fsp3) is 0.240. The van der Waals surface area contributed by atoms with Crippen LogP contribution in [0.4, 0.5) is 17.3 Å². The van der Waals surface area contributed by atoms with Crippen LogP contribution >= 0.6 is 0 Å². The smallest absolute Gasteiger partial charge is 0.135 e. The molecule has 1 aliphatic rings. The molecule has 0 radical (unpaired) electrons. The summed E-state index contributed by atoms with van der Waals surface area (Å²) in [5.41, 5.74) is 3.42. The van der Waals surface area contributed by atoms with E-state index in [1.165, 1.54) is 5.56 Å². The van der Waals surface area contributed by atoms with Gasteiger partial charge in [-0.3, -0.25) is 4.90 Å². The van der Waals surface area contributed by atoms with Gasteiger partial charge in [-0.1, -0.05) is 30.3 Å². The highest BCUT2D eigenvalue weighted by atomic mass is 15.2. The summed E-state index contributed by atoms with van der Waals surface area (Å²) in [5, 5.41) is 6.96. The number of likely N-dealkylation sites (tertiary alicyclic amines) is 1. The second-order valence-electron chi connectivity index (χ2n) is 8.11. The Morgan fingerprint density at radius 1 is 0.906 bits per heavy atom. The van der Waals surface area contributed by atoms with E-state index in [1.807, 2.05) is 41.1 Å². The summed E-state index contributed by atoms with van der Waals surface area (Å²) >= 11 is 0. The highest BCUT2D eigenvalue weighted by Gasteiger charge is 2.19. The molecule has 5 rings (SSSR count). The Morgan fingerprint density at radius 3 is 2.44 bits per heavy atom. The monoisotopic (exact) mass is 425 g/mol. The number of nitrogens with zero attached hydrogens (tertiary/aromatic N) is 5. The van der Waals surface area contributed by atoms with E-state index in [1.54, 1.807) is 18.9 Å². The molecule has 0 aliphatic carbocycles. The highest BCUT2D eigenvalue weighted by molar-refractivity contribution is 5.60. The van der Waals surface area contributed by atoms with Crippen molar-refractivity contribution in [1.29, 1.82) is 0 Å². The largest absolute Gasteiger partial charge is 0.367 e. The zero-order valence-corrected chi connectivity index (χ0v) is 17.9. The number of piperidine rings is 1. The number of hydrogen-bond acceptors (Lipinski definition) is 6. The van der Waals surface area contributed by atoms with Crippen LogP contribution in [0.1, 0.15) is 18.4 Å². The third kappa shape index (κ3) is 5.12. The number of benzene rings is 2. The number of imidazole rings is 1. The zero-order valence-electron chi connectivity index (χ0n) is 17.9. The molecule has 3 heterocycles. The van der Waals surface area contributed by atoms with Crippen LogP contribution in [-0.4, -0.2) is 43.6 Å². The quantitative estimate of drug-likeness (QED) is 0.455. The van der Waals surface area contributed by atoms with E-state index in [0.29, 0.717) is 6.04 Å². The number of rotatable bonds is 7. The maximum absolute atomic E-state index is 4.42. The molecule has 0 saturated carbocycles. The van der Waals surface area contributed by atoms with E-state index in [4.69, 9.17) is 0 Å². The van der Waals surface area contributed by atoms with Crippen LogP contribution in [0.25, 0.3) is 5.69 Å². The van der Waals surface area contributed by atoms with Crippen molar-refractivity contribution in [2.45, 2.75) is 25.4 Å². The van der Waals surface area contributed by atoms with Crippen LogP contribution in [0.3, 0.4) is 0 Å². The highest BCUT2D eigenvalue weighted by Crippen LogP contribution is 2.21. The van der Waals surface area contributed by atoms with Gasteiger partial charge in [-0.2, -0.15) is 0 Å². The molecular formula is C25H27N7. The zero-order chi connectivity index (χ0) is 21.6. The lowest BCUT2D eigenvalue weighted by Crippen LogP contribution is -2.38. The summed E-state index contributed by atoms with van der Waals surface area (Å²) in [7, 11) is 0. The Bertz CT molecular complexity index is 1100. The van der Waals surface area contributed by atoms with Gasteiger partial charge in [0, 0.05) is 55.5 Å². The number of nitrogens with one attached hydrogen (secondary N) is 2. The van der Waals surface area contributed by atoms with Crippen molar-refractivity contribution in [3.63, 3.8) is 0 Å². The predicted octanol–water partition coefficient (Wildman–Crippen LogP) is 4.48. The topological polar surface area (TPSA) is 70.9 Å². The Balaban J connectivity index is 1.14. The lowest BCUT2D eigenvalue weighted by Gasteiger charge is -2.32. The van der Waals surface area contributed by atoms with Gasteiger partial charge in [0.2, 0.25) is 0 Å². The van der Waals surface area contributed by atoms with Gasteiger partial charge in [-0.25, -0.2) is 15.0 Å². The molecule has 1 aliphatic heterocycles. The van der Waals surface area contributed by atoms with Gasteiger partial charge in [0.25, 0.3) is 0 Å². The molecular weight excluding hydrogens is 398 g/mol. The first kappa shape index (κ1) is 20.2.